The van der Waals surface area contributed by atoms with E-state index >= 15 is 0 Å². The number of phenolic OH excluding ortho intramolecular Hbond substituents is 1. The van der Waals surface area contributed by atoms with E-state index in [2.05, 4.69) is 45.5 Å². The van der Waals surface area contributed by atoms with Gasteiger partial charge >= 0.3 is 0 Å². The summed E-state index contributed by atoms with van der Waals surface area (Å²) in [4.78, 5) is 0. The Morgan fingerprint density at radius 2 is 2.05 bits per heavy atom. The molecule has 2 aromatic carbocycles. The lowest BCUT2D eigenvalue weighted by Gasteiger charge is -2.14. The number of phenols is 1. The van der Waals surface area contributed by atoms with Crippen molar-refractivity contribution in [3.8, 4) is 5.75 Å². The van der Waals surface area contributed by atoms with Crippen LogP contribution in [-0.4, -0.2) is 5.11 Å². The Balaban J connectivity index is 1.69. The summed E-state index contributed by atoms with van der Waals surface area (Å²) < 4.78 is 0.749. The maximum absolute atomic E-state index is 9.49. The quantitative estimate of drug-likeness (QED) is 0.899. The first-order valence-corrected chi connectivity index (χ1v) is 7.32. The molecule has 0 fully saturated rings. The number of nitrogens with one attached hydrogen (secondary N) is 1. The minimum absolute atomic E-state index is 0.287. The molecular formula is C16H16BrNO. The Labute approximate surface area is 121 Å². The van der Waals surface area contributed by atoms with Crippen LogP contribution >= 0.6 is 15.9 Å². The van der Waals surface area contributed by atoms with Crippen LogP contribution in [0.4, 0.5) is 0 Å². The van der Waals surface area contributed by atoms with Crippen LogP contribution in [0.2, 0.25) is 0 Å². The minimum Gasteiger partial charge on any atom is -0.507 e. The number of rotatable bonds is 3. The second kappa shape index (κ2) is 5.35. The SMILES string of the molecule is Oc1ccc(CNC2CCc3ccccc32)cc1Br. The van der Waals surface area contributed by atoms with Gasteiger partial charge in [0.15, 0.2) is 0 Å². The van der Waals surface area contributed by atoms with Gasteiger partial charge in [-0.25, -0.2) is 0 Å². The predicted octanol–water partition coefficient (Wildman–Crippen LogP) is 3.93. The second-order valence-corrected chi connectivity index (χ2v) is 5.81. The molecule has 3 heteroatoms. The molecule has 1 aliphatic rings. The smallest absolute Gasteiger partial charge is 0.129 e. The lowest BCUT2D eigenvalue weighted by atomic mass is 10.1. The van der Waals surface area contributed by atoms with Crippen molar-refractivity contribution in [1.82, 2.24) is 5.32 Å². The molecule has 0 amide bonds. The normalized spacial score (nSPS) is 17.4. The number of halogens is 1. The van der Waals surface area contributed by atoms with Gasteiger partial charge in [0.1, 0.15) is 5.75 Å². The van der Waals surface area contributed by atoms with Crippen molar-refractivity contribution in [3.63, 3.8) is 0 Å². The molecule has 0 aliphatic heterocycles. The topological polar surface area (TPSA) is 32.3 Å². The van der Waals surface area contributed by atoms with Crippen LogP contribution in [0.5, 0.6) is 5.75 Å². The first kappa shape index (κ1) is 12.7. The predicted molar refractivity (Wildman–Crippen MR) is 80.2 cm³/mol. The van der Waals surface area contributed by atoms with Gasteiger partial charge in [-0.15, -0.1) is 0 Å². The summed E-state index contributed by atoms with van der Waals surface area (Å²) in [6, 6.07) is 14.7. The molecule has 0 radical (unpaired) electrons. The Morgan fingerprint density at radius 1 is 1.21 bits per heavy atom. The third-order valence-electron chi connectivity index (χ3n) is 3.70. The van der Waals surface area contributed by atoms with Crippen molar-refractivity contribution < 1.29 is 5.11 Å². The summed E-state index contributed by atoms with van der Waals surface area (Å²) in [6.07, 6.45) is 2.33. The van der Waals surface area contributed by atoms with E-state index < -0.39 is 0 Å². The monoisotopic (exact) mass is 317 g/mol. The number of aromatic hydroxyl groups is 1. The Bertz CT molecular complexity index is 597. The molecule has 0 heterocycles. The molecule has 2 aromatic rings. The Hall–Kier alpha value is -1.32. The summed E-state index contributed by atoms with van der Waals surface area (Å²) in [5, 5.41) is 13.1. The van der Waals surface area contributed by atoms with Gasteiger partial charge in [0, 0.05) is 12.6 Å². The van der Waals surface area contributed by atoms with E-state index in [1.54, 1.807) is 6.07 Å². The molecule has 1 unspecified atom stereocenters. The standard InChI is InChI=1S/C16H16BrNO/c17-14-9-11(5-8-16(14)19)10-18-15-7-6-12-3-1-2-4-13(12)15/h1-5,8-9,15,18-19H,6-7,10H2. The maximum atomic E-state index is 9.49. The van der Waals surface area contributed by atoms with Crippen LogP contribution in [0, 0.1) is 0 Å². The van der Waals surface area contributed by atoms with Crippen LogP contribution in [0.1, 0.15) is 29.2 Å². The van der Waals surface area contributed by atoms with Crippen LogP contribution in [0.15, 0.2) is 46.9 Å². The van der Waals surface area contributed by atoms with Crippen LogP contribution in [0.3, 0.4) is 0 Å². The first-order valence-electron chi connectivity index (χ1n) is 6.52. The molecule has 2 nitrogen and oxygen atoms in total. The summed E-state index contributed by atoms with van der Waals surface area (Å²) in [5.74, 6) is 0.287. The lowest BCUT2D eigenvalue weighted by molar-refractivity contribution is 0.471. The van der Waals surface area contributed by atoms with Gasteiger partial charge in [0.05, 0.1) is 4.47 Å². The molecular weight excluding hydrogens is 302 g/mol. The van der Waals surface area contributed by atoms with Crippen molar-refractivity contribution in [1.29, 1.82) is 0 Å². The zero-order valence-electron chi connectivity index (χ0n) is 10.6. The van der Waals surface area contributed by atoms with Crippen molar-refractivity contribution >= 4 is 15.9 Å². The van der Waals surface area contributed by atoms with Crippen LogP contribution < -0.4 is 5.32 Å². The highest BCUT2D eigenvalue weighted by Crippen LogP contribution is 2.31. The minimum atomic E-state index is 0.287. The first-order chi connectivity index (χ1) is 9.24. The zero-order chi connectivity index (χ0) is 13.2. The largest absolute Gasteiger partial charge is 0.507 e. The van der Waals surface area contributed by atoms with E-state index in [1.165, 1.54) is 23.1 Å². The highest BCUT2D eigenvalue weighted by atomic mass is 79.9. The van der Waals surface area contributed by atoms with Gasteiger partial charge in [0.25, 0.3) is 0 Å². The molecule has 0 aromatic heterocycles. The van der Waals surface area contributed by atoms with Crippen molar-refractivity contribution in [2.45, 2.75) is 25.4 Å². The van der Waals surface area contributed by atoms with Gasteiger partial charge in [-0.1, -0.05) is 30.3 Å². The van der Waals surface area contributed by atoms with Gasteiger partial charge in [-0.05, 0) is 57.6 Å². The fraction of sp³-hybridized carbons (Fsp3) is 0.250. The van der Waals surface area contributed by atoms with Crippen molar-refractivity contribution in [2.24, 2.45) is 0 Å². The number of hydrogen-bond donors (Lipinski definition) is 2. The average Bonchev–Trinajstić information content (AvgIpc) is 2.83. The average molecular weight is 318 g/mol. The molecule has 0 saturated heterocycles. The Kier molecular flexibility index (Phi) is 3.58. The highest BCUT2D eigenvalue weighted by molar-refractivity contribution is 9.10. The van der Waals surface area contributed by atoms with Gasteiger partial charge in [0.2, 0.25) is 0 Å². The van der Waals surface area contributed by atoms with Crippen LogP contribution in [-0.2, 0) is 13.0 Å². The third kappa shape index (κ3) is 2.67. The summed E-state index contributed by atoms with van der Waals surface area (Å²) >= 11 is 3.35. The number of benzene rings is 2. The molecule has 98 valence electrons. The van der Waals surface area contributed by atoms with E-state index in [4.69, 9.17) is 0 Å². The highest BCUT2D eigenvalue weighted by Gasteiger charge is 2.20. The zero-order valence-corrected chi connectivity index (χ0v) is 12.2. The van der Waals surface area contributed by atoms with Crippen molar-refractivity contribution in [2.75, 3.05) is 0 Å². The number of hydrogen-bond acceptors (Lipinski definition) is 2. The second-order valence-electron chi connectivity index (χ2n) is 4.96. The third-order valence-corrected chi connectivity index (χ3v) is 4.33. The molecule has 19 heavy (non-hydrogen) atoms. The van der Waals surface area contributed by atoms with Gasteiger partial charge in [-0.2, -0.15) is 0 Å². The van der Waals surface area contributed by atoms with Gasteiger partial charge in [-0.3, -0.25) is 0 Å². The molecule has 1 atom stereocenters. The summed E-state index contributed by atoms with van der Waals surface area (Å²) in [7, 11) is 0. The van der Waals surface area contributed by atoms with Gasteiger partial charge < -0.3 is 10.4 Å². The van der Waals surface area contributed by atoms with E-state index in [0.717, 1.165) is 17.4 Å². The van der Waals surface area contributed by atoms with E-state index in [-0.39, 0.29) is 5.75 Å². The van der Waals surface area contributed by atoms with E-state index in [9.17, 15) is 5.11 Å². The number of aryl methyl sites for hydroxylation is 1. The molecule has 2 N–H and O–H groups in total. The molecule has 0 bridgehead atoms. The molecule has 0 spiro atoms. The Morgan fingerprint density at radius 3 is 2.89 bits per heavy atom. The summed E-state index contributed by atoms with van der Waals surface area (Å²) in [5.41, 5.74) is 4.07. The van der Waals surface area contributed by atoms with E-state index in [1.807, 2.05) is 12.1 Å². The summed E-state index contributed by atoms with van der Waals surface area (Å²) in [6.45, 7) is 0.817. The molecule has 1 aliphatic carbocycles. The fourth-order valence-corrected chi connectivity index (χ4v) is 3.10. The lowest BCUT2D eigenvalue weighted by Crippen LogP contribution is -2.18. The number of fused-ring (bicyclic) bond motifs is 1. The van der Waals surface area contributed by atoms with Crippen molar-refractivity contribution in [3.05, 3.63) is 63.6 Å². The van der Waals surface area contributed by atoms with Crippen LogP contribution in [0.25, 0.3) is 0 Å². The fourth-order valence-electron chi connectivity index (χ4n) is 2.67. The van der Waals surface area contributed by atoms with E-state index in [0.29, 0.717) is 6.04 Å². The molecule has 0 saturated carbocycles. The molecule has 3 rings (SSSR count). The maximum Gasteiger partial charge on any atom is 0.129 e.